The van der Waals surface area contributed by atoms with Crippen molar-refractivity contribution in [3.63, 3.8) is 0 Å². The third kappa shape index (κ3) is 3.55. The molecule has 116 valence electrons. The van der Waals surface area contributed by atoms with Crippen LogP contribution in [0.15, 0.2) is 18.2 Å². The number of benzene rings is 1. The molecule has 1 aromatic rings. The highest BCUT2D eigenvalue weighted by atomic mass is 19.1. The van der Waals surface area contributed by atoms with E-state index in [1.807, 2.05) is 19.9 Å². The number of hydrogen-bond acceptors (Lipinski definition) is 3. The van der Waals surface area contributed by atoms with E-state index in [2.05, 4.69) is 12.2 Å². The Morgan fingerprint density at radius 3 is 2.76 bits per heavy atom. The molecule has 1 aromatic carbocycles. The highest BCUT2D eigenvalue weighted by molar-refractivity contribution is 5.85. The summed E-state index contributed by atoms with van der Waals surface area (Å²) >= 11 is 0. The number of esters is 1. The van der Waals surface area contributed by atoms with Crippen LogP contribution in [-0.4, -0.2) is 18.1 Å². The molecule has 1 saturated carbocycles. The molecule has 2 atom stereocenters. The van der Waals surface area contributed by atoms with Crippen molar-refractivity contribution in [3.05, 3.63) is 29.6 Å². The molecule has 0 spiro atoms. The molecule has 1 fully saturated rings. The van der Waals surface area contributed by atoms with Crippen LogP contribution in [0.25, 0.3) is 0 Å². The standard InChI is InChI=1S/C17H24FNO2/c1-4-13-6-7-17(11-13,16(20)21-5-2)19-15-9-12(3)8-14(18)10-15/h8-10,13,19H,4-7,11H2,1-3H3. The summed E-state index contributed by atoms with van der Waals surface area (Å²) in [6.45, 7) is 6.15. The molecule has 0 bridgehead atoms. The molecule has 2 rings (SSSR count). The van der Waals surface area contributed by atoms with E-state index in [-0.39, 0.29) is 11.8 Å². The van der Waals surface area contributed by atoms with E-state index in [1.54, 1.807) is 0 Å². The van der Waals surface area contributed by atoms with Gasteiger partial charge in [0, 0.05) is 5.69 Å². The predicted molar refractivity (Wildman–Crippen MR) is 81.8 cm³/mol. The zero-order valence-electron chi connectivity index (χ0n) is 13.0. The quantitative estimate of drug-likeness (QED) is 0.832. The van der Waals surface area contributed by atoms with Gasteiger partial charge in [-0.2, -0.15) is 0 Å². The van der Waals surface area contributed by atoms with Gasteiger partial charge in [0.05, 0.1) is 6.61 Å². The van der Waals surface area contributed by atoms with E-state index in [4.69, 9.17) is 4.74 Å². The maximum Gasteiger partial charge on any atom is 0.331 e. The zero-order valence-corrected chi connectivity index (χ0v) is 13.0. The van der Waals surface area contributed by atoms with Crippen molar-refractivity contribution in [1.29, 1.82) is 0 Å². The van der Waals surface area contributed by atoms with Gasteiger partial charge in [-0.1, -0.05) is 13.3 Å². The van der Waals surface area contributed by atoms with Crippen molar-refractivity contribution in [2.45, 2.75) is 52.0 Å². The third-order valence-corrected chi connectivity index (χ3v) is 4.29. The molecular weight excluding hydrogens is 269 g/mol. The molecule has 2 unspecified atom stereocenters. The fraction of sp³-hybridized carbons (Fsp3) is 0.588. The first-order chi connectivity index (χ1) is 9.99. The van der Waals surface area contributed by atoms with Crippen LogP contribution >= 0.6 is 0 Å². The van der Waals surface area contributed by atoms with Gasteiger partial charge in [-0.15, -0.1) is 0 Å². The van der Waals surface area contributed by atoms with E-state index in [0.717, 1.165) is 31.2 Å². The van der Waals surface area contributed by atoms with E-state index in [1.165, 1.54) is 12.1 Å². The molecule has 0 aromatic heterocycles. The Labute approximate surface area is 125 Å². The molecule has 21 heavy (non-hydrogen) atoms. The Morgan fingerprint density at radius 1 is 1.43 bits per heavy atom. The lowest BCUT2D eigenvalue weighted by Crippen LogP contribution is -2.45. The number of aryl methyl sites for hydroxylation is 1. The third-order valence-electron chi connectivity index (χ3n) is 4.29. The Hall–Kier alpha value is -1.58. The summed E-state index contributed by atoms with van der Waals surface area (Å²) < 4.78 is 18.8. The van der Waals surface area contributed by atoms with Crippen LogP contribution < -0.4 is 5.32 Å². The second-order valence-corrected chi connectivity index (χ2v) is 5.96. The molecule has 0 heterocycles. The number of ether oxygens (including phenoxy) is 1. The first-order valence-electron chi connectivity index (χ1n) is 7.71. The van der Waals surface area contributed by atoms with Crippen molar-refractivity contribution in [2.24, 2.45) is 5.92 Å². The molecule has 3 nitrogen and oxygen atoms in total. The van der Waals surface area contributed by atoms with Crippen LogP contribution in [-0.2, 0) is 9.53 Å². The van der Waals surface area contributed by atoms with Gasteiger partial charge in [-0.05, 0) is 62.8 Å². The second kappa shape index (κ2) is 6.46. The van der Waals surface area contributed by atoms with E-state index < -0.39 is 5.54 Å². The van der Waals surface area contributed by atoms with Gasteiger partial charge in [0.1, 0.15) is 11.4 Å². The molecule has 0 radical (unpaired) electrons. The zero-order chi connectivity index (χ0) is 15.5. The number of hydrogen-bond donors (Lipinski definition) is 1. The molecule has 4 heteroatoms. The second-order valence-electron chi connectivity index (χ2n) is 5.96. The van der Waals surface area contributed by atoms with E-state index in [0.29, 0.717) is 18.2 Å². The van der Waals surface area contributed by atoms with Crippen molar-refractivity contribution < 1.29 is 13.9 Å². The molecule has 0 saturated heterocycles. The van der Waals surface area contributed by atoms with Crippen molar-refractivity contribution in [2.75, 3.05) is 11.9 Å². The fourth-order valence-electron chi connectivity index (χ4n) is 3.20. The predicted octanol–water partition coefficient (Wildman–Crippen LogP) is 4.06. The lowest BCUT2D eigenvalue weighted by molar-refractivity contribution is -0.148. The van der Waals surface area contributed by atoms with Gasteiger partial charge >= 0.3 is 5.97 Å². The SMILES string of the molecule is CCOC(=O)C1(Nc2cc(C)cc(F)c2)CCC(CC)C1. The average Bonchev–Trinajstić information content (AvgIpc) is 2.82. The first kappa shape index (κ1) is 15.8. The topological polar surface area (TPSA) is 38.3 Å². The Bertz CT molecular complexity index is 497. The summed E-state index contributed by atoms with van der Waals surface area (Å²) in [6, 6.07) is 4.78. The Balaban J connectivity index is 2.26. The summed E-state index contributed by atoms with van der Waals surface area (Å²) in [7, 11) is 0. The first-order valence-corrected chi connectivity index (χ1v) is 7.71. The number of halogens is 1. The van der Waals surface area contributed by atoms with Gasteiger partial charge in [0.25, 0.3) is 0 Å². The lowest BCUT2D eigenvalue weighted by Gasteiger charge is -2.29. The van der Waals surface area contributed by atoms with E-state index in [9.17, 15) is 9.18 Å². The van der Waals surface area contributed by atoms with Crippen LogP contribution in [0.4, 0.5) is 10.1 Å². The van der Waals surface area contributed by atoms with Crippen LogP contribution in [0.3, 0.4) is 0 Å². The summed E-state index contributed by atoms with van der Waals surface area (Å²) in [6.07, 6.45) is 3.53. The summed E-state index contributed by atoms with van der Waals surface area (Å²) in [4.78, 5) is 12.4. The highest BCUT2D eigenvalue weighted by Crippen LogP contribution is 2.40. The largest absolute Gasteiger partial charge is 0.464 e. The highest BCUT2D eigenvalue weighted by Gasteiger charge is 2.46. The molecule has 1 aliphatic carbocycles. The number of anilines is 1. The van der Waals surface area contributed by atoms with Gasteiger partial charge in [-0.25, -0.2) is 9.18 Å². The van der Waals surface area contributed by atoms with Crippen molar-refractivity contribution >= 4 is 11.7 Å². The smallest absolute Gasteiger partial charge is 0.331 e. The summed E-state index contributed by atoms with van der Waals surface area (Å²) in [5.74, 6) is 0.000902. The Kier molecular flexibility index (Phi) is 4.86. The fourth-order valence-corrected chi connectivity index (χ4v) is 3.20. The maximum atomic E-state index is 13.6. The number of carbonyl (C=O) groups excluding carboxylic acids is 1. The van der Waals surface area contributed by atoms with E-state index >= 15 is 0 Å². The minimum Gasteiger partial charge on any atom is -0.464 e. The minimum atomic E-state index is -0.711. The number of nitrogens with one attached hydrogen (secondary N) is 1. The maximum absolute atomic E-state index is 13.6. The summed E-state index contributed by atoms with van der Waals surface area (Å²) in [5.41, 5.74) is 0.774. The lowest BCUT2D eigenvalue weighted by atomic mass is 9.94. The molecule has 1 N–H and O–H groups in total. The number of carbonyl (C=O) groups is 1. The van der Waals surface area contributed by atoms with Gasteiger partial charge < -0.3 is 10.1 Å². The summed E-state index contributed by atoms with van der Waals surface area (Å²) in [5, 5.41) is 3.27. The minimum absolute atomic E-state index is 0.220. The van der Waals surface area contributed by atoms with Crippen molar-refractivity contribution in [1.82, 2.24) is 0 Å². The van der Waals surface area contributed by atoms with Crippen LogP contribution in [0, 0.1) is 18.7 Å². The van der Waals surface area contributed by atoms with Gasteiger partial charge in [0.2, 0.25) is 0 Å². The monoisotopic (exact) mass is 293 g/mol. The van der Waals surface area contributed by atoms with Crippen LogP contribution in [0.1, 0.15) is 45.1 Å². The molecule has 1 aliphatic rings. The Morgan fingerprint density at radius 2 is 2.19 bits per heavy atom. The van der Waals surface area contributed by atoms with Gasteiger partial charge in [-0.3, -0.25) is 0 Å². The molecule has 0 amide bonds. The molecule has 0 aliphatic heterocycles. The molecular formula is C17H24FNO2. The normalized spacial score (nSPS) is 24.9. The van der Waals surface area contributed by atoms with Crippen LogP contribution in [0.5, 0.6) is 0 Å². The average molecular weight is 293 g/mol. The number of rotatable bonds is 5. The van der Waals surface area contributed by atoms with Crippen LogP contribution in [0.2, 0.25) is 0 Å². The van der Waals surface area contributed by atoms with Crippen molar-refractivity contribution in [3.8, 4) is 0 Å². The van der Waals surface area contributed by atoms with Gasteiger partial charge in [0.15, 0.2) is 0 Å².